The molecule has 0 fully saturated rings. The third kappa shape index (κ3) is 40.9. The molecule has 11 heteroatoms. The molecule has 0 amide bonds. The van der Waals surface area contributed by atoms with E-state index in [4.69, 9.17) is 18.5 Å². The summed E-state index contributed by atoms with van der Waals surface area (Å²) in [5.41, 5.74) is 0. The highest BCUT2D eigenvalue weighted by molar-refractivity contribution is 7.47. The first kappa shape index (κ1) is 56.2. The van der Waals surface area contributed by atoms with Crippen molar-refractivity contribution in [2.75, 3.05) is 26.4 Å². The van der Waals surface area contributed by atoms with Crippen LogP contribution in [-0.4, -0.2) is 65.7 Å². The maximum absolute atomic E-state index is 12.4. The molecule has 0 aliphatic rings. The van der Waals surface area contributed by atoms with Crippen molar-refractivity contribution >= 4 is 19.8 Å². The smallest absolute Gasteiger partial charge is 0.457 e. The predicted molar refractivity (Wildman–Crippen MR) is 238 cm³/mol. The molecule has 0 spiro atoms. The molecule has 0 aromatic heterocycles. The first-order valence-electron chi connectivity index (χ1n) is 23.4. The van der Waals surface area contributed by atoms with E-state index in [1.165, 1.54) is 103 Å². The summed E-state index contributed by atoms with van der Waals surface area (Å²) in [5, 5.41) is 19.2. The summed E-state index contributed by atoms with van der Waals surface area (Å²) < 4.78 is 32.6. The maximum atomic E-state index is 12.4. The van der Waals surface area contributed by atoms with Crippen molar-refractivity contribution in [2.45, 2.75) is 225 Å². The monoisotopic (exact) mass is 843 g/mol. The quantitative estimate of drug-likeness (QED) is 0.0234. The standard InChI is InChI=1S/C47H87O10P/c1-3-5-7-9-11-13-15-17-19-20-21-22-23-25-27-29-31-33-35-37-39-47(51)57-45(41-49)43-55-58(52,53)54-42-44(40-48)56-46(50)38-36-34-32-30-28-26-24-18-16-14-12-10-8-6-4-2/h6,8,12,14,18,24,44-45,48-49H,3-5,7,9-11,13,15-17,19-23,25-43H2,1-2H3,(H,52,53)/b8-6-,14-12-,24-18-. The van der Waals surface area contributed by atoms with Crippen LogP contribution in [0.4, 0.5) is 0 Å². The van der Waals surface area contributed by atoms with Gasteiger partial charge in [0.1, 0.15) is 12.2 Å². The molecule has 0 aromatic carbocycles. The largest absolute Gasteiger partial charge is 0.472 e. The van der Waals surface area contributed by atoms with Gasteiger partial charge in [0.25, 0.3) is 0 Å². The molecular formula is C47H87O10P. The van der Waals surface area contributed by atoms with Gasteiger partial charge < -0.3 is 24.6 Å². The van der Waals surface area contributed by atoms with Crippen LogP contribution in [0.25, 0.3) is 0 Å². The van der Waals surface area contributed by atoms with Gasteiger partial charge in [-0.3, -0.25) is 18.6 Å². The summed E-state index contributed by atoms with van der Waals surface area (Å²) in [6.07, 6.45) is 45.5. The van der Waals surface area contributed by atoms with Gasteiger partial charge >= 0.3 is 19.8 Å². The molecule has 0 aliphatic carbocycles. The lowest BCUT2D eigenvalue weighted by Gasteiger charge is -2.20. The number of carbonyl (C=O) groups is 2. The number of phosphoric ester groups is 1. The number of rotatable bonds is 44. The third-order valence-corrected chi connectivity index (χ3v) is 11.1. The van der Waals surface area contributed by atoms with Crippen LogP contribution in [0.1, 0.15) is 213 Å². The zero-order chi connectivity index (χ0) is 42.6. The third-order valence-electron chi connectivity index (χ3n) is 10.1. The number of esters is 2. The highest BCUT2D eigenvalue weighted by Gasteiger charge is 2.27. The zero-order valence-corrected chi connectivity index (χ0v) is 37.9. The molecule has 0 bridgehead atoms. The second-order valence-electron chi connectivity index (χ2n) is 15.7. The summed E-state index contributed by atoms with van der Waals surface area (Å²) >= 11 is 0. The minimum absolute atomic E-state index is 0.173. The van der Waals surface area contributed by atoms with E-state index in [0.29, 0.717) is 12.8 Å². The lowest BCUT2D eigenvalue weighted by molar-refractivity contribution is -0.153. The second kappa shape index (κ2) is 43.3. The van der Waals surface area contributed by atoms with Crippen LogP contribution in [0.3, 0.4) is 0 Å². The summed E-state index contributed by atoms with van der Waals surface area (Å²) in [7, 11) is -4.64. The highest BCUT2D eigenvalue weighted by atomic mass is 31.2. The number of phosphoric acid groups is 1. The van der Waals surface area contributed by atoms with Crippen molar-refractivity contribution in [1.29, 1.82) is 0 Å². The average Bonchev–Trinajstić information content (AvgIpc) is 3.21. The Morgan fingerprint density at radius 3 is 1.17 bits per heavy atom. The van der Waals surface area contributed by atoms with E-state index in [-0.39, 0.29) is 12.8 Å². The molecule has 0 radical (unpaired) electrons. The van der Waals surface area contributed by atoms with Crippen LogP contribution in [0, 0.1) is 0 Å². The fraction of sp³-hybridized carbons (Fsp3) is 0.830. The predicted octanol–water partition coefficient (Wildman–Crippen LogP) is 12.7. The molecule has 340 valence electrons. The number of unbranched alkanes of at least 4 members (excludes halogenated alkanes) is 24. The lowest BCUT2D eigenvalue weighted by Crippen LogP contribution is -2.28. The maximum Gasteiger partial charge on any atom is 0.472 e. The van der Waals surface area contributed by atoms with Gasteiger partial charge in [0.2, 0.25) is 0 Å². The number of aliphatic hydroxyl groups is 2. The molecule has 0 heterocycles. The van der Waals surface area contributed by atoms with E-state index in [2.05, 4.69) is 50.3 Å². The molecule has 0 aromatic rings. The first-order valence-corrected chi connectivity index (χ1v) is 24.9. The van der Waals surface area contributed by atoms with Gasteiger partial charge in [0.15, 0.2) is 0 Å². The lowest BCUT2D eigenvalue weighted by atomic mass is 10.0. The molecule has 0 saturated carbocycles. The number of carbonyl (C=O) groups excluding carboxylic acids is 2. The molecule has 0 rings (SSSR count). The Bertz CT molecular complexity index is 1060. The Balaban J connectivity index is 3.86. The van der Waals surface area contributed by atoms with E-state index in [1.54, 1.807) is 0 Å². The van der Waals surface area contributed by atoms with E-state index in [0.717, 1.165) is 70.6 Å². The van der Waals surface area contributed by atoms with Gasteiger partial charge in [0.05, 0.1) is 26.4 Å². The van der Waals surface area contributed by atoms with Crippen LogP contribution in [-0.2, 0) is 32.7 Å². The number of hydrogen-bond donors (Lipinski definition) is 3. The minimum atomic E-state index is -4.64. The van der Waals surface area contributed by atoms with Crippen molar-refractivity contribution < 1.29 is 47.8 Å². The van der Waals surface area contributed by atoms with Gasteiger partial charge in [-0.1, -0.05) is 192 Å². The average molecular weight is 843 g/mol. The van der Waals surface area contributed by atoms with E-state index < -0.39 is 58.4 Å². The van der Waals surface area contributed by atoms with Crippen LogP contribution in [0.2, 0.25) is 0 Å². The first-order chi connectivity index (χ1) is 28.3. The van der Waals surface area contributed by atoms with Crippen LogP contribution in [0.5, 0.6) is 0 Å². The molecular weight excluding hydrogens is 755 g/mol. The van der Waals surface area contributed by atoms with Crippen molar-refractivity contribution in [3.8, 4) is 0 Å². The van der Waals surface area contributed by atoms with Crippen LogP contribution >= 0.6 is 7.82 Å². The van der Waals surface area contributed by atoms with Crippen LogP contribution < -0.4 is 0 Å². The van der Waals surface area contributed by atoms with Crippen molar-refractivity contribution in [3.05, 3.63) is 36.5 Å². The molecule has 3 N–H and O–H groups in total. The molecule has 3 unspecified atom stereocenters. The van der Waals surface area contributed by atoms with E-state index in [1.807, 2.05) is 0 Å². The SMILES string of the molecule is CC/C=C\C/C=C\C/C=C\CCCCCCCC(=O)OC(CO)COP(=O)(O)OCC(CO)OC(=O)CCCCCCCCCCCCCCCCCCCCCC. The fourth-order valence-electron chi connectivity index (χ4n) is 6.54. The Morgan fingerprint density at radius 1 is 0.483 bits per heavy atom. The zero-order valence-electron chi connectivity index (χ0n) is 37.0. The molecule has 0 saturated heterocycles. The van der Waals surface area contributed by atoms with Gasteiger partial charge in [-0.25, -0.2) is 4.57 Å². The molecule has 3 atom stereocenters. The summed E-state index contributed by atoms with van der Waals surface area (Å²) in [4.78, 5) is 34.6. The van der Waals surface area contributed by atoms with Gasteiger partial charge in [-0.15, -0.1) is 0 Å². The number of ether oxygens (including phenoxy) is 2. The van der Waals surface area contributed by atoms with E-state index in [9.17, 15) is 29.3 Å². The van der Waals surface area contributed by atoms with E-state index >= 15 is 0 Å². The topological polar surface area (TPSA) is 149 Å². The molecule has 0 aliphatic heterocycles. The van der Waals surface area contributed by atoms with Crippen molar-refractivity contribution in [1.82, 2.24) is 0 Å². The number of hydrogen-bond acceptors (Lipinski definition) is 9. The van der Waals surface area contributed by atoms with Crippen molar-refractivity contribution in [2.24, 2.45) is 0 Å². The fourth-order valence-corrected chi connectivity index (χ4v) is 7.33. The van der Waals surface area contributed by atoms with Gasteiger partial charge in [-0.2, -0.15) is 0 Å². The Labute approximate surface area is 354 Å². The van der Waals surface area contributed by atoms with Crippen LogP contribution in [0.15, 0.2) is 36.5 Å². The molecule has 58 heavy (non-hydrogen) atoms. The minimum Gasteiger partial charge on any atom is -0.457 e. The Morgan fingerprint density at radius 2 is 0.810 bits per heavy atom. The number of allylic oxidation sites excluding steroid dienone is 6. The molecule has 10 nitrogen and oxygen atoms in total. The van der Waals surface area contributed by atoms with Crippen molar-refractivity contribution in [3.63, 3.8) is 0 Å². The Kier molecular flexibility index (Phi) is 41.9. The highest BCUT2D eigenvalue weighted by Crippen LogP contribution is 2.43. The van der Waals surface area contributed by atoms with Gasteiger partial charge in [0, 0.05) is 12.8 Å². The normalized spacial score (nSPS) is 14.1. The second-order valence-corrected chi connectivity index (χ2v) is 17.2. The summed E-state index contributed by atoms with van der Waals surface area (Å²) in [6, 6.07) is 0. The summed E-state index contributed by atoms with van der Waals surface area (Å²) in [6.45, 7) is 2.10. The van der Waals surface area contributed by atoms with Gasteiger partial charge in [-0.05, 0) is 44.9 Å². The number of aliphatic hydroxyl groups excluding tert-OH is 2. The Hall–Kier alpha value is -1.81. The summed E-state index contributed by atoms with van der Waals surface area (Å²) in [5.74, 6) is -1.03.